The fourth-order valence-electron chi connectivity index (χ4n) is 2.98. The van der Waals surface area contributed by atoms with Crippen molar-refractivity contribution in [3.63, 3.8) is 0 Å². The minimum atomic E-state index is -0.652. The lowest BCUT2D eigenvalue weighted by molar-refractivity contribution is 0.150. The summed E-state index contributed by atoms with van der Waals surface area (Å²) in [5.41, 5.74) is 0. The Morgan fingerprint density at radius 3 is 2.47 bits per heavy atom. The van der Waals surface area contributed by atoms with Crippen molar-refractivity contribution in [2.75, 3.05) is 25.6 Å². The van der Waals surface area contributed by atoms with Gasteiger partial charge >= 0.3 is 0 Å². The zero-order valence-corrected chi connectivity index (χ0v) is 10.6. The second kappa shape index (κ2) is 4.93. The molecule has 0 aliphatic carbocycles. The highest BCUT2D eigenvalue weighted by Gasteiger charge is 2.37. The maximum absolute atomic E-state index is 10.9. The highest BCUT2D eigenvalue weighted by atomic mass is 32.2. The van der Waals surface area contributed by atoms with Crippen molar-refractivity contribution in [1.29, 1.82) is 0 Å². The van der Waals surface area contributed by atoms with Crippen LogP contribution in [0.1, 0.15) is 25.7 Å². The number of nitrogens with zero attached hydrogens (tertiary/aromatic N) is 1. The Hall–Kier alpha value is 0.0700. The molecule has 88 valence electrons. The minimum Gasteiger partial charge on any atom is -0.313 e. The maximum atomic E-state index is 10.9. The first kappa shape index (κ1) is 11.6. The highest BCUT2D eigenvalue weighted by Crippen LogP contribution is 2.33. The lowest BCUT2D eigenvalue weighted by Crippen LogP contribution is -2.47. The summed E-state index contributed by atoms with van der Waals surface area (Å²) in [6.07, 6.45) is 7.09. The van der Waals surface area contributed by atoms with Crippen LogP contribution in [0.4, 0.5) is 0 Å². The van der Waals surface area contributed by atoms with E-state index in [-0.39, 0.29) is 0 Å². The summed E-state index contributed by atoms with van der Waals surface area (Å²) < 4.78 is 10.9. The number of hydrogen-bond acceptors (Lipinski definition) is 3. The first-order chi connectivity index (χ1) is 7.16. The van der Waals surface area contributed by atoms with Gasteiger partial charge < -0.3 is 10.2 Å². The van der Waals surface area contributed by atoms with Gasteiger partial charge in [-0.05, 0) is 32.7 Å². The van der Waals surface area contributed by atoms with E-state index in [1.54, 1.807) is 6.26 Å². The van der Waals surface area contributed by atoms with Crippen LogP contribution < -0.4 is 5.32 Å². The van der Waals surface area contributed by atoms with E-state index in [2.05, 4.69) is 17.3 Å². The zero-order valence-electron chi connectivity index (χ0n) is 9.74. The molecule has 0 aromatic heterocycles. The second-order valence-corrected chi connectivity index (χ2v) is 6.50. The average molecular weight is 230 g/mol. The van der Waals surface area contributed by atoms with Crippen molar-refractivity contribution >= 4 is 10.8 Å². The molecule has 2 rings (SSSR count). The van der Waals surface area contributed by atoms with Crippen molar-refractivity contribution in [2.45, 2.75) is 43.8 Å². The topological polar surface area (TPSA) is 32.3 Å². The Kier molecular flexibility index (Phi) is 3.80. The van der Waals surface area contributed by atoms with Crippen LogP contribution in [-0.2, 0) is 10.8 Å². The molecule has 0 aromatic rings. The lowest BCUT2D eigenvalue weighted by atomic mass is 9.98. The number of hydrogen-bond donors (Lipinski definition) is 1. The van der Waals surface area contributed by atoms with Crippen LogP contribution in [0.15, 0.2) is 0 Å². The fourth-order valence-corrected chi connectivity index (χ4v) is 3.39. The number of piperidine rings is 1. The predicted octanol–water partition coefficient (Wildman–Crippen LogP) is 0.580. The third-order valence-electron chi connectivity index (χ3n) is 3.92. The predicted molar refractivity (Wildman–Crippen MR) is 64.5 cm³/mol. The van der Waals surface area contributed by atoms with E-state index in [0.29, 0.717) is 6.04 Å². The van der Waals surface area contributed by atoms with E-state index in [9.17, 15) is 4.21 Å². The van der Waals surface area contributed by atoms with Gasteiger partial charge in [-0.1, -0.05) is 0 Å². The molecule has 2 fully saturated rings. The lowest BCUT2D eigenvalue weighted by Gasteiger charge is -2.36. The Balaban J connectivity index is 1.74. The number of rotatable bonds is 4. The molecule has 2 aliphatic heterocycles. The molecule has 0 spiro atoms. The molecule has 3 nitrogen and oxygen atoms in total. The van der Waals surface area contributed by atoms with Crippen LogP contribution in [0, 0.1) is 0 Å². The quantitative estimate of drug-likeness (QED) is 0.767. The summed E-state index contributed by atoms with van der Waals surface area (Å²) >= 11 is 0. The molecule has 15 heavy (non-hydrogen) atoms. The van der Waals surface area contributed by atoms with Gasteiger partial charge in [-0.15, -0.1) is 0 Å². The summed E-state index contributed by atoms with van der Waals surface area (Å²) in [4.78, 5) is 2.55. The van der Waals surface area contributed by atoms with Crippen LogP contribution >= 0.6 is 0 Å². The molecule has 3 unspecified atom stereocenters. The van der Waals surface area contributed by atoms with Gasteiger partial charge in [0.25, 0.3) is 0 Å². The molecule has 2 aliphatic rings. The van der Waals surface area contributed by atoms with Gasteiger partial charge in [0.15, 0.2) is 0 Å². The van der Waals surface area contributed by atoms with Gasteiger partial charge in [0.2, 0.25) is 0 Å². The van der Waals surface area contributed by atoms with E-state index >= 15 is 0 Å². The van der Waals surface area contributed by atoms with Gasteiger partial charge in [-0.2, -0.15) is 0 Å². The zero-order chi connectivity index (χ0) is 10.8. The summed E-state index contributed by atoms with van der Waals surface area (Å²) in [6.45, 7) is 0.914. The first-order valence-corrected chi connectivity index (χ1v) is 7.65. The van der Waals surface area contributed by atoms with Gasteiger partial charge in [0, 0.05) is 47.5 Å². The molecule has 0 amide bonds. The van der Waals surface area contributed by atoms with Crippen molar-refractivity contribution in [2.24, 2.45) is 0 Å². The Labute approximate surface area is 95.1 Å². The fraction of sp³-hybridized carbons (Fsp3) is 1.00. The van der Waals surface area contributed by atoms with E-state index in [0.717, 1.165) is 24.4 Å². The molecule has 2 heterocycles. The Morgan fingerprint density at radius 1 is 1.33 bits per heavy atom. The SMILES string of the molecule is CN1C2CCC1CC(NCCS(C)=O)C2. The van der Waals surface area contributed by atoms with Gasteiger partial charge in [-0.25, -0.2) is 0 Å². The van der Waals surface area contributed by atoms with Gasteiger partial charge in [0.1, 0.15) is 0 Å². The molecule has 1 N–H and O–H groups in total. The van der Waals surface area contributed by atoms with Crippen LogP contribution in [0.5, 0.6) is 0 Å². The average Bonchev–Trinajstić information content (AvgIpc) is 2.42. The van der Waals surface area contributed by atoms with Crippen LogP contribution in [0.2, 0.25) is 0 Å². The first-order valence-electron chi connectivity index (χ1n) is 5.92. The van der Waals surface area contributed by atoms with Gasteiger partial charge in [-0.3, -0.25) is 4.21 Å². The van der Waals surface area contributed by atoms with Crippen molar-refractivity contribution < 1.29 is 4.21 Å². The van der Waals surface area contributed by atoms with Crippen LogP contribution in [0.25, 0.3) is 0 Å². The Bertz CT molecular complexity index is 233. The monoisotopic (exact) mass is 230 g/mol. The molecule has 2 bridgehead atoms. The molecular weight excluding hydrogens is 208 g/mol. The third-order valence-corrected chi connectivity index (χ3v) is 4.70. The van der Waals surface area contributed by atoms with Crippen molar-refractivity contribution in [3.05, 3.63) is 0 Å². The van der Waals surface area contributed by atoms with E-state index in [1.807, 2.05) is 0 Å². The summed E-state index contributed by atoms with van der Waals surface area (Å²) in [5.74, 6) is 0.793. The molecule has 3 atom stereocenters. The second-order valence-electron chi connectivity index (χ2n) is 4.95. The van der Waals surface area contributed by atoms with Crippen molar-refractivity contribution in [1.82, 2.24) is 10.2 Å². The maximum Gasteiger partial charge on any atom is 0.0357 e. The standard InChI is InChI=1S/C11H22N2OS/c1-13-10-3-4-11(13)8-9(7-10)12-5-6-15(2)14/h9-12H,3-8H2,1-2H3. The smallest absolute Gasteiger partial charge is 0.0357 e. The third kappa shape index (κ3) is 2.80. The highest BCUT2D eigenvalue weighted by molar-refractivity contribution is 7.84. The summed E-state index contributed by atoms with van der Waals surface area (Å²) in [6, 6.07) is 2.27. The van der Waals surface area contributed by atoms with Crippen LogP contribution in [-0.4, -0.2) is 52.8 Å². The number of fused-ring (bicyclic) bond motifs is 2. The molecular formula is C11H22N2OS. The van der Waals surface area contributed by atoms with E-state index in [1.165, 1.54) is 25.7 Å². The summed E-state index contributed by atoms with van der Waals surface area (Å²) in [5, 5.41) is 3.55. The van der Waals surface area contributed by atoms with E-state index in [4.69, 9.17) is 0 Å². The molecule has 2 saturated heterocycles. The Morgan fingerprint density at radius 2 is 1.93 bits per heavy atom. The minimum absolute atomic E-state index is 0.652. The molecule has 4 heteroatoms. The van der Waals surface area contributed by atoms with Gasteiger partial charge in [0.05, 0.1) is 0 Å². The van der Waals surface area contributed by atoms with Crippen molar-refractivity contribution in [3.8, 4) is 0 Å². The summed E-state index contributed by atoms with van der Waals surface area (Å²) in [7, 11) is 1.61. The number of nitrogens with one attached hydrogen (secondary N) is 1. The van der Waals surface area contributed by atoms with E-state index < -0.39 is 10.8 Å². The normalized spacial score (nSPS) is 38.1. The molecule has 0 saturated carbocycles. The van der Waals surface area contributed by atoms with Crippen LogP contribution in [0.3, 0.4) is 0 Å². The molecule has 0 radical (unpaired) electrons. The largest absolute Gasteiger partial charge is 0.313 e. The molecule has 0 aromatic carbocycles.